The van der Waals surface area contributed by atoms with Crippen molar-refractivity contribution in [1.29, 1.82) is 0 Å². The van der Waals surface area contributed by atoms with Gasteiger partial charge in [0, 0.05) is 27.8 Å². The largest absolute Gasteiger partial charge is 0.456 e. The van der Waals surface area contributed by atoms with Gasteiger partial charge in [-0.3, -0.25) is 0 Å². The van der Waals surface area contributed by atoms with Crippen LogP contribution in [0.4, 0.5) is 17.1 Å². The van der Waals surface area contributed by atoms with Crippen LogP contribution in [0.15, 0.2) is 217 Å². The van der Waals surface area contributed by atoms with Gasteiger partial charge in [0.1, 0.15) is 11.2 Å². The lowest BCUT2D eigenvalue weighted by atomic mass is 9.90. The van der Waals surface area contributed by atoms with Gasteiger partial charge in [-0.1, -0.05) is 158 Å². The molecule has 1 heterocycles. The van der Waals surface area contributed by atoms with E-state index in [2.05, 4.69) is 205 Å². The molecule has 0 atom stereocenters. The van der Waals surface area contributed by atoms with Gasteiger partial charge in [-0.05, 0) is 120 Å². The van der Waals surface area contributed by atoms with Crippen LogP contribution >= 0.6 is 0 Å². The van der Waals surface area contributed by atoms with Gasteiger partial charge < -0.3 is 9.32 Å². The maximum absolute atomic E-state index is 6.23. The smallest absolute Gasteiger partial charge is 0.136 e. The van der Waals surface area contributed by atoms with Gasteiger partial charge in [0.15, 0.2) is 0 Å². The van der Waals surface area contributed by atoms with Crippen LogP contribution in [0.3, 0.4) is 0 Å². The summed E-state index contributed by atoms with van der Waals surface area (Å²) in [5, 5.41) is 9.89. The summed E-state index contributed by atoms with van der Waals surface area (Å²) in [6.45, 7) is 0. The highest BCUT2D eigenvalue weighted by Gasteiger charge is 2.17. The number of nitrogens with zero attached hydrogens (tertiary/aromatic N) is 1. The molecule has 0 amide bonds. The second-order valence-corrected chi connectivity index (χ2v) is 14.5. The van der Waals surface area contributed by atoms with E-state index in [0.29, 0.717) is 0 Å². The molecule has 1 aromatic heterocycles. The van der Waals surface area contributed by atoms with E-state index >= 15 is 0 Å². The summed E-state index contributed by atoms with van der Waals surface area (Å²) in [6.07, 6.45) is 0. The zero-order chi connectivity index (χ0) is 37.0. The molecule has 0 aliphatic heterocycles. The van der Waals surface area contributed by atoms with E-state index in [1.54, 1.807) is 0 Å². The standard InChI is InChI=1S/C54H35NO/c1-2-11-36(12-3-1)37-21-28-42(29-22-37)55(43-30-23-39(24-31-43)47-18-10-20-52-54(47)49-17-8-9-19-51(49)56-52)44-32-25-40(26-33-44)50-35-41-14-5-6-15-45(41)48-34-27-38-13-4-7-16-46(38)53(48)50/h1-35H. The van der Waals surface area contributed by atoms with Gasteiger partial charge in [0.25, 0.3) is 0 Å². The van der Waals surface area contributed by atoms with Crippen molar-refractivity contribution in [3.05, 3.63) is 212 Å². The minimum absolute atomic E-state index is 0.903. The van der Waals surface area contributed by atoms with Gasteiger partial charge >= 0.3 is 0 Å². The fraction of sp³-hybridized carbons (Fsp3) is 0. The topological polar surface area (TPSA) is 16.4 Å². The predicted molar refractivity (Wildman–Crippen MR) is 237 cm³/mol. The monoisotopic (exact) mass is 713 g/mol. The molecule has 0 spiro atoms. The molecule has 11 rings (SSSR count). The van der Waals surface area contributed by atoms with Gasteiger partial charge in [0.05, 0.1) is 0 Å². The molecular formula is C54H35NO. The highest BCUT2D eigenvalue weighted by Crippen LogP contribution is 2.43. The molecule has 11 aromatic rings. The molecule has 10 aromatic carbocycles. The Labute approximate surface area is 325 Å². The highest BCUT2D eigenvalue weighted by atomic mass is 16.3. The fourth-order valence-corrected chi connectivity index (χ4v) is 8.59. The molecule has 0 unspecified atom stereocenters. The highest BCUT2D eigenvalue weighted by molar-refractivity contribution is 6.23. The van der Waals surface area contributed by atoms with E-state index in [-0.39, 0.29) is 0 Å². The average molecular weight is 714 g/mol. The van der Waals surface area contributed by atoms with Crippen molar-refractivity contribution < 1.29 is 4.42 Å². The third-order valence-corrected chi connectivity index (χ3v) is 11.3. The second kappa shape index (κ2) is 13.2. The van der Waals surface area contributed by atoms with Crippen LogP contribution in [0.25, 0.3) is 87.6 Å². The summed E-state index contributed by atoms with van der Waals surface area (Å²) in [4.78, 5) is 2.35. The van der Waals surface area contributed by atoms with Crippen molar-refractivity contribution in [2.75, 3.05) is 4.90 Å². The fourth-order valence-electron chi connectivity index (χ4n) is 8.59. The van der Waals surface area contributed by atoms with Crippen molar-refractivity contribution in [1.82, 2.24) is 0 Å². The predicted octanol–water partition coefficient (Wildman–Crippen LogP) is 15.5. The van der Waals surface area contributed by atoms with E-state index in [0.717, 1.165) is 50.1 Å². The molecule has 0 bridgehead atoms. The molecule has 0 saturated carbocycles. The van der Waals surface area contributed by atoms with Crippen molar-refractivity contribution in [3.63, 3.8) is 0 Å². The minimum atomic E-state index is 0.903. The zero-order valence-electron chi connectivity index (χ0n) is 30.6. The van der Waals surface area contributed by atoms with Gasteiger partial charge in [-0.2, -0.15) is 0 Å². The second-order valence-electron chi connectivity index (χ2n) is 14.5. The van der Waals surface area contributed by atoms with Crippen LogP contribution < -0.4 is 4.90 Å². The van der Waals surface area contributed by atoms with E-state index in [1.807, 2.05) is 12.1 Å². The SMILES string of the molecule is c1ccc(-c2ccc(N(c3ccc(-c4cccc5oc6ccccc6c45)cc3)c3ccc(-c4cc5ccccc5c5ccc6ccccc6c45)cc3)cc2)cc1. The Balaban J connectivity index is 1.04. The molecule has 0 N–H and O–H groups in total. The van der Waals surface area contributed by atoms with Crippen LogP contribution in [0.2, 0.25) is 0 Å². The average Bonchev–Trinajstić information content (AvgIpc) is 3.66. The number of para-hydroxylation sites is 1. The number of anilines is 3. The molecule has 56 heavy (non-hydrogen) atoms. The molecule has 0 radical (unpaired) electrons. The number of furan rings is 1. The maximum atomic E-state index is 6.23. The Kier molecular flexibility index (Phi) is 7.53. The number of rotatable bonds is 6. The van der Waals surface area contributed by atoms with Gasteiger partial charge in [-0.15, -0.1) is 0 Å². The lowest BCUT2D eigenvalue weighted by Crippen LogP contribution is -2.09. The first-order valence-corrected chi connectivity index (χ1v) is 19.2. The minimum Gasteiger partial charge on any atom is -0.456 e. The third-order valence-electron chi connectivity index (χ3n) is 11.3. The van der Waals surface area contributed by atoms with Crippen molar-refractivity contribution in [3.8, 4) is 33.4 Å². The number of hydrogen-bond donors (Lipinski definition) is 0. The molecule has 0 fully saturated rings. The normalized spacial score (nSPS) is 11.6. The first-order chi connectivity index (χ1) is 27.8. The van der Waals surface area contributed by atoms with Crippen molar-refractivity contribution in [2.45, 2.75) is 0 Å². The summed E-state index contributed by atoms with van der Waals surface area (Å²) >= 11 is 0. The van der Waals surface area contributed by atoms with Gasteiger partial charge in [-0.25, -0.2) is 0 Å². The summed E-state index contributed by atoms with van der Waals surface area (Å²) in [7, 11) is 0. The van der Waals surface area contributed by atoms with Crippen LogP contribution in [0, 0.1) is 0 Å². The Hall–Kier alpha value is -7.42. The van der Waals surface area contributed by atoms with Crippen LogP contribution in [-0.4, -0.2) is 0 Å². The summed E-state index contributed by atoms with van der Waals surface area (Å²) in [5.74, 6) is 0. The van der Waals surface area contributed by atoms with E-state index in [1.165, 1.54) is 54.6 Å². The molecule has 262 valence electrons. The van der Waals surface area contributed by atoms with E-state index in [4.69, 9.17) is 4.42 Å². The Morgan fingerprint density at radius 2 is 0.821 bits per heavy atom. The first kappa shape index (κ1) is 32.0. The summed E-state index contributed by atoms with van der Waals surface area (Å²) in [5.41, 5.74) is 12.2. The molecule has 0 saturated heterocycles. The van der Waals surface area contributed by atoms with Crippen molar-refractivity contribution >= 4 is 71.3 Å². The van der Waals surface area contributed by atoms with Gasteiger partial charge in [0.2, 0.25) is 0 Å². The Morgan fingerprint density at radius 1 is 0.286 bits per heavy atom. The van der Waals surface area contributed by atoms with E-state index in [9.17, 15) is 0 Å². The number of fused-ring (bicyclic) bond motifs is 8. The Bertz CT molecular complexity index is 3210. The van der Waals surface area contributed by atoms with E-state index < -0.39 is 0 Å². The summed E-state index contributed by atoms with van der Waals surface area (Å²) in [6, 6.07) is 76.5. The number of hydrogen-bond acceptors (Lipinski definition) is 2. The molecule has 0 aliphatic carbocycles. The summed E-state index contributed by atoms with van der Waals surface area (Å²) < 4.78 is 6.23. The first-order valence-electron chi connectivity index (χ1n) is 19.2. The lowest BCUT2D eigenvalue weighted by Gasteiger charge is -2.26. The third kappa shape index (κ3) is 5.34. The van der Waals surface area contributed by atoms with Crippen LogP contribution in [0.1, 0.15) is 0 Å². The van der Waals surface area contributed by atoms with Crippen molar-refractivity contribution in [2.24, 2.45) is 0 Å². The number of benzene rings is 10. The quantitative estimate of drug-likeness (QED) is 0.160. The maximum Gasteiger partial charge on any atom is 0.136 e. The molecule has 2 heteroatoms. The molecular weight excluding hydrogens is 679 g/mol. The van der Waals surface area contributed by atoms with Crippen LogP contribution in [0.5, 0.6) is 0 Å². The zero-order valence-corrected chi connectivity index (χ0v) is 30.6. The van der Waals surface area contributed by atoms with Crippen LogP contribution in [-0.2, 0) is 0 Å². The lowest BCUT2D eigenvalue weighted by molar-refractivity contribution is 0.669. The molecule has 0 aliphatic rings. The molecule has 2 nitrogen and oxygen atoms in total. The Morgan fingerprint density at radius 3 is 1.54 bits per heavy atom.